The van der Waals surface area contributed by atoms with Crippen molar-refractivity contribution in [1.29, 1.82) is 0 Å². The third-order valence-corrected chi connectivity index (χ3v) is 4.90. The number of sulfonamides is 1. The zero-order valence-corrected chi connectivity index (χ0v) is 15.2. The Hall–Kier alpha value is -2.06. The molecule has 0 radical (unpaired) electrons. The number of rotatable bonds is 6. The molecule has 0 aromatic heterocycles. The van der Waals surface area contributed by atoms with Gasteiger partial charge in [0.25, 0.3) is 0 Å². The Morgan fingerprint density at radius 3 is 2.23 bits per heavy atom. The van der Waals surface area contributed by atoms with E-state index >= 15 is 0 Å². The van der Waals surface area contributed by atoms with Gasteiger partial charge in [0.05, 0.1) is 11.9 Å². The van der Waals surface area contributed by atoms with Crippen molar-refractivity contribution in [3.63, 3.8) is 0 Å². The molecule has 0 heterocycles. The fourth-order valence-corrected chi connectivity index (χ4v) is 3.15. The summed E-state index contributed by atoms with van der Waals surface area (Å²) in [5, 5.41) is 0. The molecule has 2 aromatic carbocycles. The smallest absolute Gasteiger partial charge is 0.320 e. The summed E-state index contributed by atoms with van der Waals surface area (Å²) in [6.45, 7) is 0. The average Bonchev–Trinajstić information content (AvgIpc) is 2.52. The van der Waals surface area contributed by atoms with E-state index in [-0.39, 0.29) is 11.3 Å². The standard InChI is InChI=1S/C16H16F2NO5PS/c1-26(23,24)19-15-11-14(16(17,18)25(20,21)22)10-9-13(15)8-7-12-5-3-2-4-6-12/h2-11,19H,1H3,(H2,20,21,22)/b8-7+. The highest BCUT2D eigenvalue weighted by Gasteiger charge is 2.50. The predicted octanol–water partition coefficient (Wildman–Crippen LogP) is 3.46. The van der Waals surface area contributed by atoms with Crippen molar-refractivity contribution in [3.8, 4) is 0 Å². The second-order valence-electron chi connectivity index (χ2n) is 5.51. The van der Waals surface area contributed by atoms with Gasteiger partial charge in [0.1, 0.15) is 0 Å². The summed E-state index contributed by atoms with van der Waals surface area (Å²) < 4.78 is 63.9. The first-order valence-corrected chi connectivity index (χ1v) is 10.7. The van der Waals surface area contributed by atoms with Gasteiger partial charge in [-0.25, -0.2) is 8.42 Å². The molecule has 0 aliphatic heterocycles. The molecule has 0 aliphatic rings. The first kappa shape index (κ1) is 20.3. The second-order valence-corrected chi connectivity index (χ2v) is 8.90. The maximum Gasteiger partial charge on any atom is 0.399 e. The van der Waals surface area contributed by atoms with E-state index in [1.165, 1.54) is 6.08 Å². The van der Waals surface area contributed by atoms with Gasteiger partial charge in [-0.1, -0.05) is 54.6 Å². The van der Waals surface area contributed by atoms with Crippen LogP contribution in [0.2, 0.25) is 0 Å². The van der Waals surface area contributed by atoms with Crippen LogP contribution in [0.15, 0.2) is 48.5 Å². The van der Waals surface area contributed by atoms with Crippen LogP contribution in [0.5, 0.6) is 0 Å². The maximum atomic E-state index is 13.9. The Balaban J connectivity index is 2.52. The minimum absolute atomic E-state index is 0.217. The molecule has 10 heteroatoms. The van der Waals surface area contributed by atoms with Crippen LogP contribution in [0.25, 0.3) is 12.2 Å². The first-order chi connectivity index (χ1) is 11.9. The Morgan fingerprint density at radius 2 is 1.69 bits per heavy atom. The molecule has 6 nitrogen and oxygen atoms in total. The Morgan fingerprint density at radius 1 is 1.08 bits per heavy atom. The van der Waals surface area contributed by atoms with Gasteiger partial charge in [0, 0.05) is 5.56 Å². The highest BCUT2D eigenvalue weighted by molar-refractivity contribution is 7.92. The van der Waals surface area contributed by atoms with Crippen LogP contribution >= 0.6 is 7.60 Å². The van der Waals surface area contributed by atoms with E-state index in [9.17, 15) is 21.8 Å². The largest absolute Gasteiger partial charge is 0.399 e. The van der Waals surface area contributed by atoms with E-state index in [0.29, 0.717) is 6.07 Å². The molecule has 0 bridgehead atoms. The van der Waals surface area contributed by atoms with Gasteiger partial charge in [-0.2, -0.15) is 8.78 Å². The third kappa shape index (κ3) is 4.98. The monoisotopic (exact) mass is 403 g/mol. The number of anilines is 1. The number of alkyl halides is 2. The number of nitrogens with one attached hydrogen (secondary N) is 1. The van der Waals surface area contributed by atoms with E-state index in [1.807, 2.05) is 6.07 Å². The van der Waals surface area contributed by atoms with Gasteiger partial charge in [-0.05, 0) is 17.2 Å². The molecule has 0 spiro atoms. The molecule has 26 heavy (non-hydrogen) atoms. The van der Waals surface area contributed by atoms with Gasteiger partial charge in [0.2, 0.25) is 10.0 Å². The Bertz CT molecular complexity index is 971. The predicted molar refractivity (Wildman–Crippen MR) is 96.2 cm³/mol. The molecule has 2 rings (SSSR count). The molecule has 0 atom stereocenters. The molecule has 3 N–H and O–H groups in total. The lowest BCUT2D eigenvalue weighted by Crippen LogP contribution is -2.16. The van der Waals surface area contributed by atoms with Gasteiger partial charge in [-0.15, -0.1) is 0 Å². The van der Waals surface area contributed by atoms with Gasteiger partial charge in [-0.3, -0.25) is 9.29 Å². The third-order valence-electron chi connectivity index (χ3n) is 3.32. The lowest BCUT2D eigenvalue weighted by molar-refractivity contribution is 0.0565. The van der Waals surface area contributed by atoms with Crippen molar-refractivity contribution in [2.75, 3.05) is 11.0 Å². The molecular formula is C16H16F2NO5PS. The summed E-state index contributed by atoms with van der Waals surface area (Å²) in [5.41, 5.74) is -4.60. The molecular weight excluding hydrogens is 387 g/mol. The van der Waals surface area contributed by atoms with Gasteiger partial charge in [0.15, 0.2) is 0 Å². The number of hydrogen-bond donors (Lipinski definition) is 3. The fourth-order valence-electron chi connectivity index (χ4n) is 2.10. The van der Waals surface area contributed by atoms with Crippen LogP contribution in [-0.2, 0) is 20.3 Å². The molecule has 0 aliphatic carbocycles. The van der Waals surface area contributed by atoms with Crippen LogP contribution < -0.4 is 4.72 Å². The quantitative estimate of drug-likeness (QED) is 0.506. The second kappa shape index (κ2) is 7.28. The zero-order chi connectivity index (χ0) is 19.6. The van der Waals surface area contributed by atoms with Crippen molar-refractivity contribution in [1.82, 2.24) is 0 Å². The van der Waals surface area contributed by atoms with Crippen molar-refractivity contribution in [2.45, 2.75) is 5.66 Å². The van der Waals surface area contributed by atoms with Crippen LogP contribution in [0, 0.1) is 0 Å². The Kier molecular flexibility index (Phi) is 5.67. The van der Waals surface area contributed by atoms with Gasteiger partial charge < -0.3 is 9.79 Å². The Labute approximate surface area is 149 Å². The van der Waals surface area contributed by atoms with Crippen LogP contribution in [0.4, 0.5) is 14.5 Å². The number of halogens is 2. The SMILES string of the molecule is CS(=O)(=O)Nc1cc(C(F)(F)P(=O)(O)O)ccc1/C=C/c1ccccc1. The van der Waals surface area contributed by atoms with Crippen molar-refractivity contribution < 1.29 is 31.6 Å². The number of hydrogen-bond acceptors (Lipinski definition) is 3. The van der Waals surface area contributed by atoms with E-state index in [4.69, 9.17) is 9.79 Å². The van der Waals surface area contributed by atoms with Crippen LogP contribution in [-0.4, -0.2) is 24.5 Å². The molecule has 140 valence electrons. The minimum Gasteiger partial charge on any atom is -0.320 e. The van der Waals surface area contributed by atoms with E-state index in [2.05, 4.69) is 4.72 Å². The molecule has 2 aromatic rings. The van der Waals surface area contributed by atoms with Crippen molar-refractivity contribution >= 4 is 35.5 Å². The summed E-state index contributed by atoms with van der Waals surface area (Å²) in [6.07, 6.45) is 3.98. The van der Waals surface area contributed by atoms with Crippen LogP contribution in [0.3, 0.4) is 0 Å². The lowest BCUT2D eigenvalue weighted by atomic mass is 10.1. The van der Waals surface area contributed by atoms with Crippen molar-refractivity contribution in [3.05, 3.63) is 65.2 Å². The maximum absolute atomic E-state index is 13.9. The summed E-state index contributed by atoms with van der Waals surface area (Å²) in [6, 6.07) is 11.7. The fraction of sp³-hybridized carbons (Fsp3) is 0.125. The molecule has 0 amide bonds. The van der Waals surface area contributed by atoms with Crippen molar-refractivity contribution in [2.24, 2.45) is 0 Å². The first-order valence-electron chi connectivity index (χ1n) is 7.19. The molecule has 0 saturated carbocycles. The summed E-state index contributed by atoms with van der Waals surface area (Å²) in [4.78, 5) is 17.7. The summed E-state index contributed by atoms with van der Waals surface area (Å²) in [5.74, 6) is 0. The minimum atomic E-state index is -5.77. The van der Waals surface area contributed by atoms with Crippen LogP contribution in [0.1, 0.15) is 16.7 Å². The molecule has 0 fully saturated rings. The highest BCUT2D eigenvalue weighted by atomic mass is 32.2. The van der Waals surface area contributed by atoms with E-state index < -0.39 is 28.8 Å². The van der Waals surface area contributed by atoms with Gasteiger partial charge >= 0.3 is 13.3 Å². The topological polar surface area (TPSA) is 104 Å². The summed E-state index contributed by atoms with van der Waals surface area (Å²) >= 11 is 0. The lowest BCUT2D eigenvalue weighted by Gasteiger charge is -2.19. The molecule has 0 unspecified atom stereocenters. The molecule has 0 saturated heterocycles. The summed E-state index contributed by atoms with van der Waals surface area (Å²) in [7, 11) is -9.57. The highest BCUT2D eigenvalue weighted by Crippen LogP contribution is 2.59. The van der Waals surface area contributed by atoms with E-state index in [0.717, 1.165) is 24.0 Å². The normalized spacial score (nSPS) is 13.1. The van der Waals surface area contributed by atoms with E-state index in [1.54, 1.807) is 30.3 Å². The number of benzene rings is 2. The zero-order valence-electron chi connectivity index (χ0n) is 13.5. The average molecular weight is 403 g/mol.